The van der Waals surface area contributed by atoms with E-state index < -0.39 is 0 Å². The van der Waals surface area contributed by atoms with Gasteiger partial charge in [-0.1, -0.05) is 41.6 Å². The van der Waals surface area contributed by atoms with Crippen LogP contribution < -0.4 is 5.32 Å². The first-order chi connectivity index (χ1) is 10.3. The van der Waals surface area contributed by atoms with Crippen molar-refractivity contribution in [3.05, 3.63) is 75.4 Å². The second-order valence-electron chi connectivity index (χ2n) is 4.63. The van der Waals surface area contributed by atoms with Crippen molar-refractivity contribution in [3.8, 4) is 0 Å². The summed E-state index contributed by atoms with van der Waals surface area (Å²) >= 11 is 2.28. The Balaban J connectivity index is 1.60. The van der Waals surface area contributed by atoms with Crippen LogP contribution in [0, 0.1) is 3.57 Å². The lowest BCUT2D eigenvalue weighted by atomic mass is 10.1. The molecule has 0 aliphatic heterocycles. The third kappa shape index (κ3) is 4.04. The van der Waals surface area contributed by atoms with E-state index >= 15 is 0 Å². The Bertz CT molecular complexity index is 712. The van der Waals surface area contributed by atoms with Crippen LogP contribution in [0.3, 0.4) is 0 Å². The largest absolute Gasteiger partial charge is 0.376 e. The molecule has 3 rings (SSSR count). The molecule has 106 valence electrons. The lowest BCUT2D eigenvalue weighted by Gasteiger charge is -2.02. The van der Waals surface area contributed by atoms with Gasteiger partial charge in [0, 0.05) is 15.7 Å². The molecule has 0 aliphatic carbocycles. The molecule has 0 spiro atoms. The van der Waals surface area contributed by atoms with Gasteiger partial charge in [-0.25, -0.2) is 0 Å². The van der Waals surface area contributed by atoms with Gasteiger partial charge in [0.1, 0.15) is 0 Å². The fraction of sp³-hybridized carbons (Fsp3) is 0.125. The van der Waals surface area contributed by atoms with Crippen molar-refractivity contribution in [1.29, 1.82) is 0 Å². The van der Waals surface area contributed by atoms with E-state index in [0.717, 1.165) is 5.69 Å². The molecule has 1 aromatic heterocycles. The molecule has 0 unspecified atom stereocenters. The van der Waals surface area contributed by atoms with Crippen LogP contribution in [0.25, 0.3) is 0 Å². The van der Waals surface area contributed by atoms with E-state index in [9.17, 15) is 0 Å². The Hall–Kier alpha value is -1.89. The molecule has 21 heavy (non-hydrogen) atoms. The molecule has 0 amide bonds. The smallest absolute Gasteiger partial charge is 0.245 e. The van der Waals surface area contributed by atoms with Gasteiger partial charge in [0.05, 0.1) is 6.54 Å². The first kappa shape index (κ1) is 14.1. The molecule has 1 heterocycles. The number of hydrogen-bond donors (Lipinski definition) is 1. The molecule has 4 nitrogen and oxygen atoms in total. The minimum Gasteiger partial charge on any atom is -0.376 e. The lowest BCUT2D eigenvalue weighted by Crippen LogP contribution is -2.00. The average Bonchev–Trinajstić information content (AvgIpc) is 2.94. The molecule has 0 bridgehead atoms. The molecule has 0 radical (unpaired) electrons. The highest BCUT2D eigenvalue weighted by atomic mass is 127. The van der Waals surface area contributed by atoms with E-state index in [1.54, 1.807) is 0 Å². The predicted molar refractivity (Wildman–Crippen MR) is 90.0 cm³/mol. The molecule has 0 aliphatic rings. The van der Waals surface area contributed by atoms with Crippen molar-refractivity contribution < 1.29 is 4.52 Å². The van der Waals surface area contributed by atoms with E-state index in [1.807, 2.05) is 30.3 Å². The summed E-state index contributed by atoms with van der Waals surface area (Å²) in [6.07, 6.45) is 0.688. The third-order valence-corrected chi connectivity index (χ3v) is 3.65. The summed E-state index contributed by atoms with van der Waals surface area (Å²) in [6.45, 7) is 0.530. The van der Waals surface area contributed by atoms with E-state index in [2.05, 4.69) is 62.3 Å². The normalized spacial score (nSPS) is 10.5. The van der Waals surface area contributed by atoms with Gasteiger partial charge in [-0.3, -0.25) is 0 Å². The molecule has 5 heteroatoms. The summed E-state index contributed by atoms with van der Waals surface area (Å²) in [5, 5.41) is 7.29. The van der Waals surface area contributed by atoms with Crippen LogP contribution in [0.2, 0.25) is 0 Å². The number of rotatable bonds is 5. The Labute approximate surface area is 136 Å². The van der Waals surface area contributed by atoms with Crippen LogP contribution in [0.15, 0.2) is 59.1 Å². The van der Waals surface area contributed by atoms with Gasteiger partial charge in [0.15, 0.2) is 5.82 Å². The zero-order valence-electron chi connectivity index (χ0n) is 11.3. The van der Waals surface area contributed by atoms with Gasteiger partial charge in [-0.15, -0.1) is 0 Å². The van der Waals surface area contributed by atoms with Gasteiger partial charge < -0.3 is 9.84 Å². The van der Waals surface area contributed by atoms with Crippen molar-refractivity contribution >= 4 is 28.3 Å². The zero-order valence-corrected chi connectivity index (χ0v) is 13.4. The van der Waals surface area contributed by atoms with E-state index in [4.69, 9.17) is 4.52 Å². The Kier molecular flexibility index (Phi) is 4.49. The molecular formula is C16H14IN3O. The van der Waals surface area contributed by atoms with Gasteiger partial charge in [0.25, 0.3) is 0 Å². The quantitative estimate of drug-likeness (QED) is 0.671. The topological polar surface area (TPSA) is 51.0 Å². The standard InChI is InChI=1S/C16H14IN3O/c17-13-7-4-8-14(10-13)18-11-16-19-15(20-21-16)9-12-5-2-1-3-6-12/h1-8,10,18H,9,11H2. The number of anilines is 1. The first-order valence-electron chi connectivity index (χ1n) is 6.64. The maximum Gasteiger partial charge on any atom is 0.245 e. The summed E-state index contributed by atoms with van der Waals surface area (Å²) in [6, 6.07) is 18.3. The zero-order chi connectivity index (χ0) is 14.5. The van der Waals surface area contributed by atoms with Crippen LogP contribution in [0.5, 0.6) is 0 Å². The third-order valence-electron chi connectivity index (χ3n) is 2.98. The predicted octanol–water partition coefficient (Wildman–Crippen LogP) is 3.88. The van der Waals surface area contributed by atoms with Crippen molar-refractivity contribution in [2.24, 2.45) is 0 Å². The Morgan fingerprint density at radius 1 is 1.05 bits per heavy atom. The number of benzene rings is 2. The Morgan fingerprint density at radius 3 is 2.71 bits per heavy atom. The van der Waals surface area contributed by atoms with E-state index in [1.165, 1.54) is 9.13 Å². The summed E-state index contributed by atoms with van der Waals surface area (Å²) in [5.74, 6) is 1.31. The Morgan fingerprint density at radius 2 is 1.90 bits per heavy atom. The number of hydrogen-bond acceptors (Lipinski definition) is 4. The molecule has 1 N–H and O–H groups in total. The van der Waals surface area contributed by atoms with Crippen molar-refractivity contribution in [2.45, 2.75) is 13.0 Å². The number of nitrogens with one attached hydrogen (secondary N) is 1. The highest BCUT2D eigenvalue weighted by molar-refractivity contribution is 14.1. The maximum absolute atomic E-state index is 5.26. The number of nitrogens with zero attached hydrogens (tertiary/aromatic N) is 2. The van der Waals surface area contributed by atoms with Crippen LogP contribution in [0.1, 0.15) is 17.3 Å². The number of halogens is 1. The molecule has 0 saturated carbocycles. The molecule has 0 saturated heterocycles. The van der Waals surface area contributed by atoms with Crippen LogP contribution >= 0.6 is 22.6 Å². The lowest BCUT2D eigenvalue weighted by molar-refractivity contribution is 0.378. The van der Waals surface area contributed by atoms with Crippen molar-refractivity contribution in [3.63, 3.8) is 0 Å². The maximum atomic E-state index is 5.26. The number of aromatic nitrogens is 2. The van der Waals surface area contributed by atoms with E-state index in [-0.39, 0.29) is 0 Å². The fourth-order valence-electron chi connectivity index (χ4n) is 1.99. The van der Waals surface area contributed by atoms with Gasteiger partial charge >= 0.3 is 0 Å². The molecule has 0 fully saturated rings. The van der Waals surface area contributed by atoms with Crippen LogP contribution in [0.4, 0.5) is 5.69 Å². The highest BCUT2D eigenvalue weighted by Crippen LogP contribution is 2.13. The molecule has 0 atom stereocenters. The minimum atomic E-state index is 0.530. The van der Waals surface area contributed by atoms with Crippen LogP contribution in [-0.2, 0) is 13.0 Å². The first-order valence-corrected chi connectivity index (χ1v) is 7.72. The van der Waals surface area contributed by atoms with Crippen molar-refractivity contribution in [2.75, 3.05) is 5.32 Å². The molecular weight excluding hydrogens is 377 g/mol. The SMILES string of the molecule is Ic1cccc(NCc2nc(Cc3ccccc3)no2)c1. The summed E-state index contributed by atoms with van der Waals surface area (Å²) in [7, 11) is 0. The van der Waals surface area contributed by atoms with Crippen LogP contribution in [-0.4, -0.2) is 10.1 Å². The second kappa shape index (κ2) is 6.71. The van der Waals surface area contributed by atoms with Crippen molar-refractivity contribution in [1.82, 2.24) is 10.1 Å². The average molecular weight is 391 g/mol. The molecule has 3 aromatic rings. The summed E-state index contributed by atoms with van der Waals surface area (Å²) in [4.78, 5) is 4.40. The fourth-order valence-corrected chi connectivity index (χ4v) is 2.53. The minimum absolute atomic E-state index is 0.530. The van der Waals surface area contributed by atoms with E-state index in [0.29, 0.717) is 24.7 Å². The highest BCUT2D eigenvalue weighted by Gasteiger charge is 2.06. The van der Waals surface area contributed by atoms with Gasteiger partial charge in [-0.2, -0.15) is 4.98 Å². The summed E-state index contributed by atoms with van der Waals surface area (Å²) < 4.78 is 6.45. The second-order valence-corrected chi connectivity index (χ2v) is 5.88. The molecule has 2 aromatic carbocycles. The van der Waals surface area contributed by atoms with Gasteiger partial charge in [-0.05, 0) is 46.4 Å². The van der Waals surface area contributed by atoms with Gasteiger partial charge in [0.2, 0.25) is 5.89 Å². The summed E-state index contributed by atoms with van der Waals surface area (Å²) in [5.41, 5.74) is 2.22. The monoisotopic (exact) mass is 391 g/mol.